The molecule has 1 saturated heterocycles. The van der Waals surface area contributed by atoms with Gasteiger partial charge in [0.2, 0.25) is 5.91 Å². The standard InChI is InChI=1S/C18H22N4O2/c23-16-7-4-10-22(13-16)18-14(5-3-9-20-18)12-21-17(24)11-15-6-1-2-8-19-15/h1-3,5-6,8-9,16,23H,4,7,10-13H2,(H,21,24)/t16-/m1/s1. The van der Waals surface area contributed by atoms with Crippen molar-refractivity contribution in [3.8, 4) is 0 Å². The van der Waals surface area contributed by atoms with Crippen LogP contribution in [0.4, 0.5) is 5.82 Å². The van der Waals surface area contributed by atoms with Crippen LogP contribution >= 0.6 is 0 Å². The molecule has 126 valence electrons. The number of aliphatic hydroxyl groups is 1. The van der Waals surface area contributed by atoms with Gasteiger partial charge in [0.05, 0.1) is 12.5 Å². The highest BCUT2D eigenvalue weighted by Gasteiger charge is 2.21. The van der Waals surface area contributed by atoms with E-state index >= 15 is 0 Å². The summed E-state index contributed by atoms with van der Waals surface area (Å²) in [5.74, 6) is 0.775. The maximum absolute atomic E-state index is 12.1. The molecular weight excluding hydrogens is 304 g/mol. The summed E-state index contributed by atoms with van der Waals surface area (Å²) in [6, 6.07) is 9.37. The van der Waals surface area contributed by atoms with Crippen molar-refractivity contribution < 1.29 is 9.90 Å². The monoisotopic (exact) mass is 326 g/mol. The van der Waals surface area contributed by atoms with E-state index in [1.807, 2.05) is 30.3 Å². The van der Waals surface area contributed by atoms with Crippen LogP contribution in [-0.4, -0.2) is 40.2 Å². The summed E-state index contributed by atoms with van der Waals surface area (Å²) in [5.41, 5.74) is 1.71. The van der Waals surface area contributed by atoms with Gasteiger partial charge in [0.25, 0.3) is 0 Å². The normalized spacial score (nSPS) is 17.5. The molecule has 6 nitrogen and oxygen atoms in total. The summed E-state index contributed by atoms with van der Waals surface area (Å²) in [7, 11) is 0. The van der Waals surface area contributed by atoms with Crippen LogP contribution in [0.1, 0.15) is 24.1 Å². The number of β-amino-alcohol motifs (C(OH)–C–C–N with tert-alkyl or cyclic N) is 1. The molecule has 1 amide bonds. The maximum atomic E-state index is 12.1. The zero-order valence-electron chi connectivity index (χ0n) is 13.6. The molecule has 0 spiro atoms. The van der Waals surface area contributed by atoms with Crippen LogP contribution < -0.4 is 10.2 Å². The Kier molecular flexibility index (Phi) is 5.38. The second-order valence-electron chi connectivity index (χ2n) is 6.00. The number of carbonyl (C=O) groups excluding carboxylic acids is 1. The van der Waals surface area contributed by atoms with Crippen molar-refractivity contribution in [1.29, 1.82) is 0 Å². The van der Waals surface area contributed by atoms with Crippen LogP contribution in [0.2, 0.25) is 0 Å². The third-order valence-corrected chi connectivity index (χ3v) is 4.11. The quantitative estimate of drug-likeness (QED) is 0.866. The fourth-order valence-corrected chi connectivity index (χ4v) is 2.92. The van der Waals surface area contributed by atoms with Crippen molar-refractivity contribution in [3.63, 3.8) is 0 Å². The molecule has 0 radical (unpaired) electrons. The lowest BCUT2D eigenvalue weighted by Crippen LogP contribution is -2.39. The first-order valence-corrected chi connectivity index (χ1v) is 8.26. The largest absolute Gasteiger partial charge is 0.391 e. The smallest absolute Gasteiger partial charge is 0.226 e. The van der Waals surface area contributed by atoms with Crippen LogP contribution in [-0.2, 0) is 17.8 Å². The van der Waals surface area contributed by atoms with Crippen LogP contribution in [0.15, 0.2) is 42.7 Å². The number of hydrogen-bond acceptors (Lipinski definition) is 5. The van der Waals surface area contributed by atoms with E-state index in [-0.39, 0.29) is 18.4 Å². The lowest BCUT2D eigenvalue weighted by atomic mass is 10.1. The van der Waals surface area contributed by atoms with Crippen LogP contribution in [0.5, 0.6) is 0 Å². The second kappa shape index (κ2) is 7.88. The number of nitrogens with zero attached hydrogens (tertiary/aromatic N) is 3. The van der Waals surface area contributed by atoms with E-state index in [1.165, 1.54) is 0 Å². The van der Waals surface area contributed by atoms with Gasteiger partial charge in [-0.1, -0.05) is 12.1 Å². The van der Waals surface area contributed by atoms with Crippen molar-refractivity contribution in [2.75, 3.05) is 18.0 Å². The molecule has 2 N–H and O–H groups in total. The molecule has 0 unspecified atom stereocenters. The average Bonchev–Trinajstić information content (AvgIpc) is 2.61. The summed E-state index contributed by atoms with van der Waals surface area (Å²) >= 11 is 0. The van der Waals surface area contributed by atoms with E-state index in [1.54, 1.807) is 12.4 Å². The molecule has 1 aliphatic heterocycles. The molecule has 2 aromatic heterocycles. The number of carbonyl (C=O) groups is 1. The highest BCUT2D eigenvalue weighted by Crippen LogP contribution is 2.21. The zero-order chi connectivity index (χ0) is 16.8. The number of piperidine rings is 1. The van der Waals surface area contributed by atoms with Gasteiger partial charge >= 0.3 is 0 Å². The number of anilines is 1. The maximum Gasteiger partial charge on any atom is 0.226 e. The van der Waals surface area contributed by atoms with E-state index in [0.29, 0.717) is 13.1 Å². The number of pyridine rings is 2. The van der Waals surface area contributed by atoms with Gasteiger partial charge in [0.15, 0.2) is 0 Å². The molecule has 1 fully saturated rings. The van der Waals surface area contributed by atoms with Crippen LogP contribution in [0.3, 0.4) is 0 Å². The van der Waals surface area contributed by atoms with Crippen LogP contribution in [0, 0.1) is 0 Å². The Balaban J connectivity index is 1.62. The Labute approximate surface area is 141 Å². The van der Waals surface area contributed by atoms with Gasteiger partial charge in [0.1, 0.15) is 5.82 Å². The van der Waals surface area contributed by atoms with E-state index in [2.05, 4.69) is 20.2 Å². The van der Waals surface area contributed by atoms with Gasteiger partial charge in [-0.15, -0.1) is 0 Å². The number of aliphatic hydroxyl groups excluding tert-OH is 1. The molecule has 0 aromatic carbocycles. The first kappa shape index (κ1) is 16.4. The van der Waals surface area contributed by atoms with Crippen molar-refractivity contribution in [2.24, 2.45) is 0 Å². The minimum Gasteiger partial charge on any atom is -0.391 e. The van der Waals surface area contributed by atoms with Crippen molar-refractivity contribution >= 4 is 11.7 Å². The Morgan fingerprint density at radius 1 is 1.25 bits per heavy atom. The van der Waals surface area contributed by atoms with Gasteiger partial charge in [-0.05, 0) is 31.0 Å². The van der Waals surface area contributed by atoms with Gasteiger partial charge < -0.3 is 15.3 Å². The van der Waals surface area contributed by atoms with E-state index in [9.17, 15) is 9.90 Å². The fourth-order valence-electron chi connectivity index (χ4n) is 2.92. The van der Waals surface area contributed by atoms with Gasteiger partial charge in [0, 0.05) is 43.3 Å². The van der Waals surface area contributed by atoms with Crippen LogP contribution in [0.25, 0.3) is 0 Å². The molecule has 0 saturated carbocycles. The van der Waals surface area contributed by atoms with E-state index in [0.717, 1.165) is 36.5 Å². The molecular formula is C18H22N4O2. The molecule has 3 heterocycles. The lowest BCUT2D eigenvalue weighted by molar-refractivity contribution is -0.120. The van der Waals surface area contributed by atoms with Crippen molar-refractivity contribution in [1.82, 2.24) is 15.3 Å². The molecule has 0 bridgehead atoms. The minimum absolute atomic E-state index is 0.0674. The van der Waals surface area contributed by atoms with Gasteiger partial charge in [-0.3, -0.25) is 9.78 Å². The number of rotatable bonds is 5. The number of amides is 1. The first-order chi connectivity index (χ1) is 11.7. The molecule has 24 heavy (non-hydrogen) atoms. The third kappa shape index (κ3) is 4.29. The fraction of sp³-hybridized carbons (Fsp3) is 0.389. The SMILES string of the molecule is O=C(Cc1ccccn1)NCc1cccnc1N1CCC[C@@H](O)C1. The highest BCUT2D eigenvalue weighted by atomic mass is 16.3. The van der Waals surface area contributed by atoms with Crippen molar-refractivity contribution in [2.45, 2.75) is 31.9 Å². The molecule has 2 aromatic rings. The average molecular weight is 326 g/mol. The van der Waals surface area contributed by atoms with Gasteiger partial charge in [-0.2, -0.15) is 0 Å². The molecule has 1 aliphatic rings. The Morgan fingerprint density at radius 3 is 2.92 bits per heavy atom. The highest BCUT2D eigenvalue weighted by molar-refractivity contribution is 5.78. The number of hydrogen-bond donors (Lipinski definition) is 2. The topological polar surface area (TPSA) is 78.4 Å². The summed E-state index contributed by atoms with van der Waals surface area (Å²) in [4.78, 5) is 22.8. The van der Waals surface area contributed by atoms with E-state index < -0.39 is 0 Å². The predicted molar refractivity (Wildman–Crippen MR) is 91.5 cm³/mol. The number of nitrogens with one attached hydrogen (secondary N) is 1. The molecule has 0 aliphatic carbocycles. The summed E-state index contributed by atoms with van der Waals surface area (Å²) in [6.45, 7) is 1.89. The Bertz CT molecular complexity index is 678. The first-order valence-electron chi connectivity index (χ1n) is 8.26. The molecule has 3 rings (SSSR count). The lowest BCUT2D eigenvalue weighted by Gasteiger charge is -2.32. The van der Waals surface area contributed by atoms with Gasteiger partial charge in [-0.25, -0.2) is 4.98 Å². The number of aromatic nitrogens is 2. The third-order valence-electron chi connectivity index (χ3n) is 4.11. The molecule has 6 heteroatoms. The summed E-state index contributed by atoms with van der Waals surface area (Å²) < 4.78 is 0. The Morgan fingerprint density at radius 2 is 2.12 bits per heavy atom. The minimum atomic E-state index is -0.313. The zero-order valence-corrected chi connectivity index (χ0v) is 13.6. The summed E-state index contributed by atoms with van der Waals surface area (Å²) in [6.07, 6.45) is 5.16. The predicted octanol–water partition coefficient (Wildman–Crippen LogP) is 1.30. The summed E-state index contributed by atoms with van der Waals surface area (Å²) in [5, 5.41) is 12.8. The van der Waals surface area contributed by atoms with Crippen molar-refractivity contribution in [3.05, 3.63) is 54.0 Å². The second-order valence-corrected chi connectivity index (χ2v) is 6.00. The molecule has 1 atom stereocenters. The van der Waals surface area contributed by atoms with E-state index in [4.69, 9.17) is 0 Å². The Hall–Kier alpha value is -2.47.